The zero-order chi connectivity index (χ0) is 18.0. The summed E-state index contributed by atoms with van der Waals surface area (Å²) in [5.74, 6) is 0. The van der Waals surface area contributed by atoms with E-state index < -0.39 is 20.5 Å². The number of non-ortho nitro benzene ring substituents is 1. The van der Waals surface area contributed by atoms with Crippen LogP contribution in [0, 0.1) is 10.1 Å². The molecule has 0 saturated heterocycles. The van der Waals surface area contributed by atoms with Gasteiger partial charge in [-0.1, -0.05) is 13.8 Å². The van der Waals surface area contributed by atoms with Gasteiger partial charge in [0.15, 0.2) is 0 Å². The fourth-order valence-corrected chi connectivity index (χ4v) is 4.16. The van der Waals surface area contributed by atoms with Crippen molar-refractivity contribution >= 4 is 32.2 Å². The Morgan fingerprint density at radius 2 is 1.96 bits per heavy atom. The van der Waals surface area contributed by atoms with E-state index in [1.54, 1.807) is 5.38 Å². The number of hydrogen-bond acceptors (Lipinski definition) is 6. The molecule has 0 aliphatic carbocycles. The molecule has 0 aliphatic heterocycles. The van der Waals surface area contributed by atoms with Gasteiger partial charge in [-0.3, -0.25) is 10.1 Å². The molecule has 0 amide bonds. The molecule has 1 aromatic carbocycles. The van der Waals surface area contributed by atoms with Crippen LogP contribution < -0.4 is 4.72 Å². The van der Waals surface area contributed by atoms with Crippen molar-refractivity contribution in [1.29, 1.82) is 0 Å². The first-order chi connectivity index (χ1) is 11.2. The van der Waals surface area contributed by atoms with Gasteiger partial charge in [-0.25, -0.2) is 13.9 Å². The zero-order valence-electron chi connectivity index (χ0n) is 13.1. The van der Waals surface area contributed by atoms with Crippen LogP contribution in [0.3, 0.4) is 0 Å². The van der Waals surface area contributed by atoms with Crippen molar-refractivity contribution in [3.8, 4) is 0 Å². The highest BCUT2D eigenvalue weighted by Crippen LogP contribution is 2.31. The molecule has 1 aromatic heterocycles. The van der Waals surface area contributed by atoms with Crippen LogP contribution in [0.25, 0.3) is 0 Å². The second-order valence-electron chi connectivity index (χ2n) is 5.16. The van der Waals surface area contributed by atoms with Crippen LogP contribution in [0.1, 0.15) is 32.4 Å². The lowest BCUT2D eigenvalue weighted by Gasteiger charge is -2.22. The Labute approximate surface area is 143 Å². The number of nitro benzene ring substituents is 1. The molecule has 8 nitrogen and oxygen atoms in total. The van der Waals surface area contributed by atoms with E-state index in [0.717, 1.165) is 23.5 Å². The van der Waals surface area contributed by atoms with Gasteiger partial charge in [0.1, 0.15) is 10.5 Å². The molecule has 10 heteroatoms. The third-order valence-corrected chi connectivity index (χ3v) is 6.01. The first kappa shape index (κ1) is 18.3. The molecule has 1 atom stereocenters. The fraction of sp³-hybridized carbons (Fsp3) is 0.357. The van der Waals surface area contributed by atoms with Crippen molar-refractivity contribution in [1.82, 2.24) is 4.98 Å². The molecule has 0 aliphatic rings. The predicted molar refractivity (Wildman–Crippen MR) is 91.7 cm³/mol. The van der Waals surface area contributed by atoms with Gasteiger partial charge in [-0.2, -0.15) is 4.21 Å². The maximum atomic E-state index is 12.4. The number of aromatic nitrogens is 1. The summed E-state index contributed by atoms with van der Waals surface area (Å²) >= 11 is 1.11. The average molecular weight is 372 g/mol. The molecule has 3 N–H and O–H groups in total. The highest BCUT2D eigenvalue weighted by molar-refractivity contribution is 7.93. The minimum absolute atomic E-state index is 0.00564. The van der Waals surface area contributed by atoms with E-state index in [1.165, 1.54) is 12.1 Å². The predicted octanol–water partition coefficient (Wildman–Crippen LogP) is 3.02. The summed E-state index contributed by atoms with van der Waals surface area (Å²) in [6.45, 7) is 3.67. The Hall–Kier alpha value is -2.04. The number of nitrogens with one attached hydrogen (secondary N) is 1. The molecule has 2 aromatic rings. The quantitative estimate of drug-likeness (QED) is 0.439. The van der Waals surface area contributed by atoms with Gasteiger partial charge in [0.05, 0.1) is 10.6 Å². The molecule has 1 unspecified atom stereocenters. The maximum absolute atomic E-state index is 12.4. The Balaban J connectivity index is 2.24. The molecule has 1 heterocycles. The molecule has 0 bridgehead atoms. The molecule has 0 fully saturated rings. The van der Waals surface area contributed by atoms with E-state index >= 15 is 0 Å². The second-order valence-corrected chi connectivity index (χ2v) is 7.74. The lowest BCUT2D eigenvalue weighted by atomic mass is 9.94. The number of nitro groups is 1. The third kappa shape index (κ3) is 3.71. The summed E-state index contributed by atoms with van der Waals surface area (Å²) in [6.07, 6.45) is 0.951. The Bertz CT molecular complexity index is 826. The van der Waals surface area contributed by atoms with Gasteiger partial charge < -0.3 is 5.11 Å². The fourth-order valence-electron chi connectivity index (χ4n) is 2.08. The van der Waals surface area contributed by atoms with Crippen LogP contribution >= 0.6 is 11.3 Å². The van der Waals surface area contributed by atoms with Gasteiger partial charge in [-0.05, 0) is 25.0 Å². The lowest BCUT2D eigenvalue weighted by Crippen LogP contribution is -2.24. The van der Waals surface area contributed by atoms with Crippen LogP contribution in [0.5, 0.6) is 0 Å². The van der Waals surface area contributed by atoms with Crippen LogP contribution in [0.15, 0.2) is 34.5 Å². The average Bonchev–Trinajstić information content (AvgIpc) is 3.02. The maximum Gasteiger partial charge on any atom is 0.398 e. The molecule has 130 valence electrons. The zero-order valence-corrected chi connectivity index (χ0v) is 14.8. The number of aliphatic hydroxyl groups is 1. The van der Waals surface area contributed by atoms with Gasteiger partial charge in [0.2, 0.25) is 5.13 Å². The van der Waals surface area contributed by atoms with E-state index in [-0.39, 0.29) is 15.7 Å². The molecule has 0 saturated carbocycles. The summed E-state index contributed by atoms with van der Waals surface area (Å²) in [5.41, 5.74) is -0.791. The summed E-state index contributed by atoms with van der Waals surface area (Å²) in [6, 6.07) is 4.76. The van der Waals surface area contributed by atoms with Gasteiger partial charge in [0, 0.05) is 17.5 Å². The minimum atomic E-state index is -3.66. The number of nitrogens with zero attached hydrogens (tertiary/aromatic N) is 2. The Morgan fingerprint density at radius 3 is 2.46 bits per heavy atom. The summed E-state index contributed by atoms with van der Waals surface area (Å²) in [7, 11) is -3.66. The minimum Gasteiger partial charge on any atom is -0.384 e. The first-order valence-electron chi connectivity index (χ1n) is 7.19. The number of hydrogen-bond donors (Lipinski definition) is 2. The lowest BCUT2D eigenvalue weighted by molar-refractivity contribution is -0.384. The molecule has 0 radical (unpaired) electrons. The number of benzene rings is 1. The highest BCUT2D eigenvalue weighted by atomic mass is 32.2. The first-order valence-corrected chi connectivity index (χ1v) is 9.58. The Kier molecular flexibility index (Phi) is 5.21. The smallest absolute Gasteiger partial charge is 0.384 e. The second kappa shape index (κ2) is 6.83. The summed E-state index contributed by atoms with van der Waals surface area (Å²) in [5, 5.41) is 22.9. The topological polar surface area (TPSA) is 127 Å². The van der Waals surface area contributed by atoms with Crippen LogP contribution in [0.4, 0.5) is 10.8 Å². The van der Waals surface area contributed by atoms with Crippen LogP contribution in [-0.4, -0.2) is 23.4 Å². The molecular weight excluding hydrogens is 354 g/mol. The standard InChI is InChI=1S/C14H17N3O5S2/c1-3-14(18,4-2)12-9-23-13(15-12)16-24(21,22)11-7-5-10(6-8-11)17(19)20/h5-9,18H,3-4H2,1-2H3,(H,15,16,21,22)/p+1. The number of rotatable bonds is 7. The monoisotopic (exact) mass is 372 g/mol. The molecule has 24 heavy (non-hydrogen) atoms. The summed E-state index contributed by atoms with van der Waals surface area (Å²) in [4.78, 5) is 14.2. The van der Waals surface area contributed by atoms with Crippen molar-refractivity contribution in [2.45, 2.75) is 37.2 Å². The highest BCUT2D eigenvalue weighted by Gasteiger charge is 2.29. The molecule has 2 rings (SSSR count). The number of anilines is 1. The molecular formula is C14H18N3O5S2+. The van der Waals surface area contributed by atoms with Crippen molar-refractivity contribution < 1.29 is 18.4 Å². The van der Waals surface area contributed by atoms with Crippen LogP contribution in [0.2, 0.25) is 0 Å². The van der Waals surface area contributed by atoms with Crippen molar-refractivity contribution in [3.05, 3.63) is 45.5 Å². The van der Waals surface area contributed by atoms with Gasteiger partial charge in [0.25, 0.3) is 5.69 Å². The van der Waals surface area contributed by atoms with Gasteiger partial charge >= 0.3 is 10.0 Å². The van der Waals surface area contributed by atoms with Crippen molar-refractivity contribution in [2.24, 2.45) is 0 Å². The SMILES string of the molecule is CCC(O)(CC)c1csc(NS(=O)(=[OH+])c2ccc([N+](=O)[O-])cc2)n1. The van der Waals surface area contributed by atoms with E-state index in [1.807, 2.05) is 13.8 Å². The normalized spacial score (nSPS) is 14.1. The van der Waals surface area contributed by atoms with Gasteiger partial charge in [-0.15, -0.1) is 11.3 Å². The van der Waals surface area contributed by atoms with Crippen molar-refractivity contribution in [2.75, 3.05) is 4.72 Å². The van der Waals surface area contributed by atoms with E-state index in [4.69, 9.17) is 0 Å². The van der Waals surface area contributed by atoms with Crippen molar-refractivity contribution in [3.63, 3.8) is 0 Å². The number of thiazole rings is 1. The van der Waals surface area contributed by atoms with Crippen LogP contribution in [-0.2, 0) is 15.6 Å². The Morgan fingerprint density at radius 1 is 1.38 bits per heavy atom. The third-order valence-electron chi connectivity index (χ3n) is 3.74. The van der Waals surface area contributed by atoms with E-state index in [0.29, 0.717) is 18.5 Å². The molecule has 0 spiro atoms. The van der Waals surface area contributed by atoms with E-state index in [2.05, 4.69) is 9.71 Å². The summed E-state index contributed by atoms with van der Waals surface area (Å²) < 4.78 is 25.0. The largest absolute Gasteiger partial charge is 0.398 e. The van der Waals surface area contributed by atoms with E-state index in [9.17, 15) is 23.6 Å².